The second-order valence-electron chi connectivity index (χ2n) is 10.2. The van der Waals surface area contributed by atoms with Crippen molar-refractivity contribution in [3.8, 4) is 0 Å². The molecule has 1 aromatic rings. The summed E-state index contributed by atoms with van der Waals surface area (Å²) in [4.78, 5) is 87.1. The monoisotopic (exact) mass is 649 g/mol. The number of nitrogens with zero attached hydrogens (tertiary/aromatic N) is 2. The zero-order valence-corrected chi connectivity index (χ0v) is 25.0. The molecule has 0 saturated carbocycles. The molecule has 0 aromatic heterocycles. The summed E-state index contributed by atoms with van der Waals surface area (Å²) in [5, 5.41) is 31.4. The van der Waals surface area contributed by atoms with Gasteiger partial charge in [0.1, 0.15) is 24.7 Å². The normalized spacial score (nSPS) is 15.4. The average molecular weight is 650 g/mol. The maximum Gasteiger partial charge on any atom is 0.407 e. The Morgan fingerprint density at radius 1 is 1.07 bits per heavy atom. The van der Waals surface area contributed by atoms with Gasteiger partial charge in [0.15, 0.2) is 5.03 Å². The highest BCUT2D eigenvalue weighted by Gasteiger charge is 2.29. The van der Waals surface area contributed by atoms with Gasteiger partial charge in [-0.15, -0.1) is 0 Å². The fourth-order valence-corrected chi connectivity index (χ4v) is 4.21. The van der Waals surface area contributed by atoms with Crippen LogP contribution in [0.15, 0.2) is 35.3 Å². The average Bonchev–Trinajstić information content (AvgIpc) is 3.45. The summed E-state index contributed by atoms with van der Waals surface area (Å²) < 4.78 is 5.14. The largest absolute Gasteiger partial charge is 0.480 e. The fraction of sp³-hybridized carbons (Fsp3) is 0.519. The van der Waals surface area contributed by atoms with Crippen molar-refractivity contribution in [2.24, 2.45) is 10.7 Å². The number of carboxylic acid groups (broad SMARTS) is 1. The van der Waals surface area contributed by atoms with Gasteiger partial charge >= 0.3 is 12.1 Å². The van der Waals surface area contributed by atoms with Gasteiger partial charge in [-0.05, 0) is 44.1 Å². The molecule has 1 aliphatic heterocycles. The number of hydrogen-bond acceptors (Lipinski definition) is 10. The molecule has 0 unspecified atom stereocenters. The minimum absolute atomic E-state index is 0.0602. The molecule has 2 rings (SSSR count). The summed E-state index contributed by atoms with van der Waals surface area (Å²) in [5.41, 5.74) is 7.79. The third-order valence-corrected chi connectivity index (χ3v) is 6.54. The van der Waals surface area contributed by atoms with Crippen molar-refractivity contribution in [2.75, 3.05) is 19.6 Å². The lowest BCUT2D eigenvalue weighted by molar-refractivity contribution is -0.525. The Labute approximate surface area is 263 Å². The Kier molecular flexibility index (Phi) is 15.7. The molecule has 9 N–H and O–H groups in total. The lowest BCUT2D eigenvalue weighted by atomic mass is 10.1. The van der Waals surface area contributed by atoms with Crippen molar-refractivity contribution in [3.63, 3.8) is 0 Å². The number of hydrazine groups is 1. The van der Waals surface area contributed by atoms with Gasteiger partial charge in [0.05, 0.1) is 6.54 Å². The number of rotatable bonds is 19. The number of aliphatic carboxylic acids is 1. The van der Waals surface area contributed by atoms with Gasteiger partial charge in [-0.3, -0.25) is 19.2 Å². The maximum absolute atomic E-state index is 13.1. The number of carbonyl (C=O) groups is 6. The van der Waals surface area contributed by atoms with Crippen LogP contribution in [0, 0.1) is 10.1 Å². The minimum atomic E-state index is -1.38. The van der Waals surface area contributed by atoms with Crippen LogP contribution >= 0.6 is 0 Å². The van der Waals surface area contributed by atoms with Gasteiger partial charge in [0.25, 0.3) is 5.96 Å². The van der Waals surface area contributed by atoms with E-state index in [-0.39, 0.29) is 57.7 Å². The summed E-state index contributed by atoms with van der Waals surface area (Å²) in [7, 11) is 0. The molecule has 1 aliphatic rings. The SMILES string of the molecule is NC(=NCCC[C@@H](NC(=O)[C@@H](CCCCNC(=O)OCc1ccccc1)NC(=O)CNC(=O)[C@@H]1CCC(=O)N1)C(=O)O)N[N+](=O)[O-]. The number of hydrogen-bond donors (Lipinski definition) is 8. The van der Waals surface area contributed by atoms with Crippen LogP contribution < -0.4 is 37.7 Å². The topological polar surface area (TPSA) is 286 Å². The number of nitrogens with two attached hydrogens (primary N) is 1. The highest BCUT2D eigenvalue weighted by atomic mass is 16.7. The summed E-state index contributed by atoms with van der Waals surface area (Å²) in [6.45, 7) is -0.269. The molecule has 19 heteroatoms. The number of alkyl carbamates (subject to hydrolysis) is 1. The first-order chi connectivity index (χ1) is 21.9. The number of ether oxygens (including phenoxy) is 1. The number of benzene rings is 1. The van der Waals surface area contributed by atoms with E-state index in [9.17, 15) is 44.0 Å². The van der Waals surface area contributed by atoms with Crippen molar-refractivity contribution in [3.05, 3.63) is 46.0 Å². The molecule has 1 saturated heterocycles. The Bertz CT molecular complexity index is 1260. The molecule has 1 fully saturated rings. The van der Waals surface area contributed by atoms with Crippen molar-refractivity contribution in [2.45, 2.75) is 69.7 Å². The van der Waals surface area contributed by atoms with Crippen LogP contribution in [0.3, 0.4) is 0 Å². The summed E-state index contributed by atoms with van der Waals surface area (Å²) >= 11 is 0. The molecule has 19 nitrogen and oxygen atoms in total. The smallest absolute Gasteiger partial charge is 0.407 e. The predicted octanol–water partition coefficient (Wildman–Crippen LogP) is -1.59. The predicted molar refractivity (Wildman–Crippen MR) is 160 cm³/mol. The molecule has 252 valence electrons. The first-order valence-electron chi connectivity index (χ1n) is 14.5. The number of nitrogens with one attached hydrogen (secondary N) is 6. The number of unbranched alkanes of at least 4 members (excludes halogenated alkanes) is 1. The molecule has 0 bridgehead atoms. The summed E-state index contributed by atoms with van der Waals surface area (Å²) in [6, 6.07) is 5.74. The first kappa shape index (κ1) is 36.7. The van der Waals surface area contributed by atoms with E-state index < -0.39 is 65.4 Å². The molecular weight excluding hydrogens is 610 g/mol. The van der Waals surface area contributed by atoms with Crippen LogP contribution in [0.1, 0.15) is 50.5 Å². The van der Waals surface area contributed by atoms with Gasteiger partial charge < -0.3 is 42.2 Å². The van der Waals surface area contributed by atoms with Crippen LogP contribution in [0.25, 0.3) is 0 Å². The van der Waals surface area contributed by atoms with Crippen molar-refractivity contribution in [1.82, 2.24) is 32.0 Å². The lowest BCUT2D eigenvalue weighted by Crippen LogP contribution is -2.53. The van der Waals surface area contributed by atoms with Crippen LogP contribution in [-0.2, 0) is 35.3 Å². The second-order valence-corrected chi connectivity index (χ2v) is 10.2. The Hall–Kier alpha value is -5.49. The Morgan fingerprint density at radius 3 is 2.43 bits per heavy atom. The van der Waals surface area contributed by atoms with Gasteiger partial charge in [-0.1, -0.05) is 35.8 Å². The van der Waals surface area contributed by atoms with E-state index >= 15 is 0 Å². The van der Waals surface area contributed by atoms with E-state index in [1.54, 1.807) is 17.6 Å². The lowest BCUT2D eigenvalue weighted by Gasteiger charge is -2.22. The van der Waals surface area contributed by atoms with Gasteiger partial charge in [0.2, 0.25) is 23.6 Å². The molecule has 0 spiro atoms. The highest BCUT2D eigenvalue weighted by Crippen LogP contribution is 2.07. The molecule has 1 heterocycles. The van der Waals surface area contributed by atoms with Crippen molar-refractivity contribution >= 4 is 41.7 Å². The molecule has 3 atom stereocenters. The van der Waals surface area contributed by atoms with Crippen LogP contribution in [0.5, 0.6) is 0 Å². The van der Waals surface area contributed by atoms with E-state index in [4.69, 9.17) is 10.5 Å². The molecule has 46 heavy (non-hydrogen) atoms. The van der Waals surface area contributed by atoms with E-state index in [0.717, 1.165) is 5.56 Å². The summed E-state index contributed by atoms with van der Waals surface area (Å²) in [6.07, 6.45) is 0.609. The number of nitro groups is 1. The van der Waals surface area contributed by atoms with Crippen LogP contribution in [-0.4, -0.2) is 89.5 Å². The van der Waals surface area contributed by atoms with Crippen LogP contribution in [0.2, 0.25) is 0 Å². The molecule has 1 aromatic carbocycles. The standard InChI is InChI=1S/C27H39N9O10/c28-26(35-36(44)45)29-14-6-10-20(25(41)42)34-24(40)18(33-22(38)15-31-23(39)19-11-12-21(37)32-19)9-4-5-13-30-27(43)46-16-17-7-2-1-3-8-17/h1-3,7-8,18-20H,4-6,9-16H2,(H,30,43)(H,31,39)(H,32,37)(H,33,38)(H,34,40)(H,41,42)(H3,28,29,35)/t18-,19+,20-/m1/s1. The number of amides is 5. The van der Waals surface area contributed by atoms with Crippen molar-refractivity contribution < 1.29 is 43.6 Å². The third kappa shape index (κ3) is 14.8. The Morgan fingerprint density at radius 2 is 1.78 bits per heavy atom. The minimum Gasteiger partial charge on any atom is -0.480 e. The van der Waals surface area contributed by atoms with Gasteiger partial charge in [0, 0.05) is 19.5 Å². The number of carbonyl (C=O) groups excluding carboxylic acids is 5. The number of carboxylic acids is 1. The quantitative estimate of drug-likeness (QED) is 0.0277. The highest BCUT2D eigenvalue weighted by molar-refractivity contribution is 5.94. The fourth-order valence-electron chi connectivity index (χ4n) is 4.21. The van der Waals surface area contributed by atoms with E-state index in [1.807, 2.05) is 18.2 Å². The Balaban J connectivity index is 1.90. The van der Waals surface area contributed by atoms with E-state index in [0.29, 0.717) is 12.8 Å². The summed E-state index contributed by atoms with van der Waals surface area (Å²) in [5.74, 6) is -4.20. The van der Waals surface area contributed by atoms with Crippen molar-refractivity contribution in [1.29, 1.82) is 0 Å². The maximum atomic E-state index is 13.1. The molecule has 0 radical (unpaired) electrons. The zero-order chi connectivity index (χ0) is 33.9. The second kappa shape index (κ2) is 19.7. The van der Waals surface area contributed by atoms with E-state index in [2.05, 4.69) is 31.6 Å². The molecule has 5 amide bonds. The molecular formula is C27H39N9O10. The number of aliphatic imine (C=N–C) groups is 1. The van der Waals surface area contributed by atoms with Gasteiger partial charge in [-0.25, -0.2) is 24.7 Å². The molecule has 0 aliphatic carbocycles. The first-order valence-corrected chi connectivity index (χ1v) is 14.5. The number of guanidine groups is 1. The van der Waals surface area contributed by atoms with E-state index in [1.165, 1.54) is 0 Å². The zero-order valence-electron chi connectivity index (χ0n) is 25.0. The van der Waals surface area contributed by atoms with Crippen LogP contribution in [0.4, 0.5) is 4.79 Å². The van der Waals surface area contributed by atoms with Gasteiger partial charge in [-0.2, -0.15) is 0 Å². The third-order valence-electron chi connectivity index (χ3n) is 6.54.